The molecule has 1 fully saturated rings. The Morgan fingerprint density at radius 2 is 1.85 bits per heavy atom. The van der Waals surface area contributed by atoms with Gasteiger partial charge in [0.25, 0.3) is 0 Å². The van der Waals surface area contributed by atoms with Crippen LogP contribution in [0, 0.1) is 0 Å². The van der Waals surface area contributed by atoms with Gasteiger partial charge < -0.3 is 15.4 Å². The number of esters is 2. The van der Waals surface area contributed by atoms with Crippen molar-refractivity contribution in [3.8, 4) is 0 Å². The highest BCUT2D eigenvalue weighted by Crippen LogP contribution is 2.33. The van der Waals surface area contributed by atoms with E-state index in [4.69, 9.17) is 0 Å². The van der Waals surface area contributed by atoms with Gasteiger partial charge in [0.2, 0.25) is 5.91 Å². The van der Waals surface area contributed by atoms with Gasteiger partial charge in [-0.05, 0) is 31.4 Å². The topological polar surface area (TPSA) is 84.5 Å². The molecule has 0 aliphatic carbocycles. The first-order chi connectivity index (χ1) is 12.2. The molecule has 1 aliphatic rings. The summed E-state index contributed by atoms with van der Waals surface area (Å²) in [6, 6.07) is 9.34. The van der Waals surface area contributed by atoms with Crippen molar-refractivity contribution in [2.75, 3.05) is 13.1 Å². The summed E-state index contributed by atoms with van der Waals surface area (Å²) < 4.78 is 39.7. The molecule has 1 saturated heterocycles. The predicted octanol–water partition coefficient (Wildman–Crippen LogP) is 1.79. The average Bonchev–Trinajstić information content (AvgIpc) is 2.61. The smallest absolute Gasteiger partial charge is 0.385 e. The third-order valence-electron chi connectivity index (χ3n) is 4.15. The van der Waals surface area contributed by atoms with Gasteiger partial charge in [-0.25, -0.2) is 9.59 Å². The van der Waals surface area contributed by atoms with Crippen molar-refractivity contribution < 1.29 is 32.3 Å². The first-order valence-electron chi connectivity index (χ1n) is 8.12. The van der Waals surface area contributed by atoms with Crippen LogP contribution in [0.25, 0.3) is 0 Å². The van der Waals surface area contributed by atoms with E-state index in [1.165, 1.54) is 0 Å². The number of piperidine rings is 1. The van der Waals surface area contributed by atoms with Gasteiger partial charge in [-0.3, -0.25) is 4.79 Å². The molecule has 1 heterocycles. The minimum atomic E-state index is -5.26. The number of carbonyl (C=O) groups is 3. The van der Waals surface area contributed by atoms with Crippen LogP contribution in [0.15, 0.2) is 30.3 Å². The molecule has 142 valence electrons. The molecule has 0 bridgehead atoms. The van der Waals surface area contributed by atoms with Crippen molar-refractivity contribution in [1.82, 2.24) is 10.6 Å². The first kappa shape index (κ1) is 19.9. The van der Waals surface area contributed by atoms with Gasteiger partial charge in [-0.15, -0.1) is 0 Å². The second-order valence-corrected chi connectivity index (χ2v) is 6.04. The zero-order chi connectivity index (χ0) is 19.2. The Hall–Kier alpha value is -2.42. The zero-order valence-corrected chi connectivity index (χ0v) is 13.9. The summed E-state index contributed by atoms with van der Waals surface area (Å²) >= 11 is 0. The first-order valence-corrected chi connectivity index (χ1v) is 8.12. The minimum absolute atomic E-state index is 0.0114. The van der Waals surface area contributed by atoms with E-state index in [1.54, 1.807) is 0 Å². The lowest BCUT2D eigenvalue weighted by Gasteiger charge is -2.38. The monoisotopic (exact) mass is 372 g/mol. The predicted molar refractivity (Wildman–Crippen MR) is 84.8 cm³/mol. The minimum Gasteiger partial charge on any atom is -0.385 e. The number of hydrogen-bond donors (Lipinski definition) is 2. The quantitative estimate of drug-likeness (QED) is 0.608. The van der Waals surface area contributed by atoms with Gasteiger partial charge in [0.15, 0.2) is 0 Å². The number of benzene rings is 1. The van der Waals surface area contributed by atoms with Crippen LogP contribution in [-0.4, -0.2) is 37.1 Å². The van der Waals surface area contributed by atoms with Gasteiger partial charge in [0.1, 0.15) is 6.54 Å². The molecule has 1 aromatic rings. The van der Waals surface area contributed by atoms with Crippen molar-refractivity contribution in [3.63, 3.8) is 0 Å². The van der Waals surface area contributed by atoms with Crippen molar-refractivity contribution in [2.45, 2.75) is 37.4 Å². The molecule has 1 aromatic carbocycles. The zero-order valence-electron chi connectivity index (χ0n) is 13.9. The highest BCUT2D eigenvalue weighted by molar-refractivity contribution is 5.91. The Morgan fingerprint density at radius 1 is 1.15 bits per heavy atom. The molecule has 1 aliphatic heterocycles. The Bertz CT molecular complexity index is 656. The van der Waals surface area contributed by atoms with Crippen molar-refractivity contribution in [1.29, 1.82) is 0 Å². The molecular weight excluding hydrogens is 353 g/mol. The van der Waals surface area contributed by atoms with Crippen LogP contribution in [0.5, 0.6) is 0 Å². The van der Waals surface area contributed by atoms with Crippen LogP contribution in [0.1, 0.15) is 31.2 Å². The number of halogens is 3. The molecule has 2 N–H and O–H groups in total. The molecule has 1 unspecified atom stereocenters. The number of amides is 1. The van der Waals surface area contributed by atoms with E-state index < -0.39 is 36.1 Å². The molecule has 26 heavy (non-hydrogen) atoms. The Kier molecular flexibility index (Phi) is 6.36. The molecule has 9 heteroatoms. The maximum atomic E-state index is 12.2. The molecule has 0 saturated carbocycles. The lowest BCUT2D eigenvalue weighted by atomic mass is 9.79. The van der Waals surface area contributed by atoms with E-state index in [0.717, 1.165) is 24.9 Å². The summed E-state index contributed by atoms with van der Waals surface area (Å²) in [6.07, 6.45) is -2.65. The molecule has 6 nitrogen and oxygen atoms in total. The number of alkyl halides is 3. The number of ether oxygens (including phenoxy) is 1. The maximum absolute atomic E-state index is 12.2. The van der Waals surface area contributed by atoms with Crippen molar-refractivity contribution in [2.24, 2.45) is 0 Å². The third kappa shape index (κ3) is 5.29. The summed E-state index contributed by atoms with van der Waals surface area (Å²) in [4.78, 5) is 34.1. The Morgan fingerprint density at radius 3 is 2.42 bits per heavy atom. The van der Waals surface area contributed by atoms with Crippen LogP contribution < -0.4 is 10.6 Å². The largest absolute Gasteiger partial charge is 0.491 e. The fourth-order valence-electron chi connectivity index (χ4n) is 2.93. The van der Waals surface area contributed by atoms with Crippen LogP contribution in [0.3, 0.4) is 0 Å². The Labute approximate surface area is 148 Å². The lowest BCUT2D eigenvalue weighted by Crippen LogP contribution is -2.49. The molecular formula is C17H19F3N2O4. The summed E-state index contributed by atoms with van der Waals surface area (Å²) in [7, 11) is 0. The lowest BCUT2D eigenvalue weighted by molar-refractivity contribution is -0.201. The second kappa shape index (κ2) is 8.31. The van der Waals surface area contributed by atoms with E-state index in [-0.39, 0.29) is 6.42 Å². The van der Waals surface area contributed by atoms with Gasteiger partial charge in [0, 0.05) is 6.42 Å². The highest BCUT2D eigenvalue weighted by atomic mass is 19.4. The van der Waals surface area contributed by atoms with Gasteiger partial charge in [-0.1, -0.05) is 30.3 Å². The van der Waals surface area contributed by atoms with E-state index in [2.05, 4.69) is 15.4 Å². The van der Waals surface area contributed by atoms with Crippen LogP contribution in [0.4, 0.5) is 13.2 Å². The number of nitrogens with one attached hydrogen (secondary N) is 2. The fourth-order valence-corrected chi connectivity index (χ4v) is 2.93. The Balaban J connectivity index is 1.94. The molecule has 1 amide bonds. The molecule has 2 rings (SSSR count). The van der Waals surface area contributed by atoms with E-state index >= 15 is 0 Å². The van der Waals surface area contributed by atoms with E-state index in [1.807, 2.05) is 30.3 Å². The number of rotatable bonds is 5. The fraction of sp³-hybridized carbons (Fsp3) is 0.471. The van der Waals surface area contributed by atoms with E-state index in [9.17, 15) is 27.6 Å². The second-order valence-electron chi connectivity index (χ2n) is 6.04. The van der Waals surface area contributed by atoms with Crippen LogP contribution >= 0.6 is 0 Å². The van der Waals surface area contributed by atoms with Gasteiger partial charge in [-0.2, -0.15) is 13.2 Å². The van der Waals surface area contributed by atoms with Crippen molar-refractivity contribution >= 4 is 17.8 Å². The summed E-state index contributed by atoms with van der Waals surface area (Å²) in [6.45, 7) is -0.0875. The average molecular weight is 372 g/mol. The number of hydrogen-bond acceptors (Lipinski definition) is 5. The standard InChI is InChI=1S/C17H19F3N2O4/c18-17(19,20)15(25)26-14(24)11-21-13(23)10-16(8-4-5-9-22-16)12-6-2-1-3-7-12/h1-3,6-7,22H,4-5,8-11H2,(H,21,23). The summed E-state index contributed by atoms with van der Waals surface area (Å²) in [5.41, 5.74) is 0.319. The SMILES string of the molecule is O=C(CC1(c2ccccc2)CCCCN1)NCC(=O)OC(=O)C(F)(F)F. The number of carbonyl (C=O) groups excluding carboxylic acids is 3. The molecule has 0 radical (unpaired) electrons. The molecule has 0 aromatic heterocycles. The van der Waals surface area contributed by atoms with Crippen molar-refractivity contribution in [3.05, 3.63) is 35.9 Å². The van der Waals surface area contributed by atoms with Gasteiger partial charge in [0.05, 0.1) is 5.54 Å². The summed E-state index contributed by atoms with van der Waals surface area (Å²) in [5.74, 6) is -4.60. The molecule has 0 spiro atoms. The maximum Gasteiger partial charge on any atom is 0.491 e. The summed E-state index contributed by atoms with van der Waals surface area (Å²) in [5, 5.41) is 5.55. The highest BCUT2D eigenvalue weighted by Gasteiger charge is 2.42. The third-order valence-corrected chi connectivity index (χ3v) is 4.15. The normalized spacial score (nSPS) is 20.3. The van der Waals surface area contributed by atoms with Crippen LogP contribution in [-0.2, 0) is 24.7 Å². The molecule has 1 atom stereocenters. The van der Waals surface area contributed by atoms with Gasteiger partial charge >= 0.3 is 18.1 Å². The van der Waals surface area contributed by atoms with E-state index in [0.29, 0.717) is 6.42 Å². The van der Waals surface area contributed by atoms with Crippen LogP contribution in [0.2, 0.25) is 0 Å².